The lowest BCUT2D eigenvalue weighted by molar-refractivity contribution is -0.120. The van der Waals surface area contributed by atoms with Gasteiger partial charge in [0.1, 0.15) is 10.7 Å². The van der Waals surface area contributed by atoms with Crippen LogP contribution in [0.25, 0.3) is 0 Å². The zero-order chi connectivity index (χ0) is 22.3. The Morgan fingerprint density at radius 3 is 2.39 bits per heavy atom. The van der Waals surface area contributed by atoms with E-state index in [9.17, 15) is 22.4 Å². The number of carbonyl (C=O) groups excluding carboxylic acids is 2. The largest absolute Gasteiger partial charge is 0.379 e. The summed E-state index contributed by atoms with van der Waals surface area (Å²) in [6.45, 7) is 1.07. The predicted molar refractivity (Wildman–Crippen MR) is 111 cm³/mol. The van der Waals surface area contributed by atoms with Crippen LogP contribution < -0.4 is 10.6 Å². The second-order valence-corrected chi connectivity index (χ2v) is 8.84. The highest BCUT2D eigenvalue weighted by atomic mass is 32.2. The van der Waals surface area contributed by atoms with Crippen molar-refractivity contribution in [1.29, 1.82) is 0 Å². The molecule has 0 saturated carbocycles. The second-order valence-electron chi connectivity index (χ2n) is 6.93. The topological polar surface area (TPSA) is 105 Å². The van der Waals surface area contributed by atoms with Gasteiger partial charge in [0.2, 0.25) is 15.9 Å². The number of hydrogen-bond donors (Lipinski definition) is 2. The van der Waals surface area contributed by atoms with Crippen molar-refractivity contribution in [2.75, 3.05) is 39.4 Å². The number of sulfonamides is 1. The van der Waals surface area contributed by atoms with Crippen LogP contribution >= 0.6 is 0 Å². The number of nitrogens with one attached hydrogen (secondary N) is 2. The van der Waals surface area contributed by atoms with Crippen LogP contribution in [0.3, 0.4) is 0 Å². The number of nitrogens with zero attached hydrogens (tertiary/aromatic N) is 1. The molecule has 0 bridgehead atoms. The number of benzene rings is 2. The van der Waals surface area contributed by atoms with Gasteiger partial charge in [0.15, 0.2) is 0 Å². The van der Waals surface area contributed by atoms with Crippen LogP contribution in [0.1, 0.15) is 15.9 Å². The van der Waals surface area contributed by atoms with Gasteiger partial charge in [-0.15, -0.1) is 0 Å². The summed E-state index contributed by atoms with van der Waals surface area (Å²) in [5, 5.41) is 5.29. The molecule has 0 radical (unpaired) electrons. The Bertz CT molecular complexity index is 1020. The number of carbonyl (C=O) groups is 2. The lowest BCUT2D eigenvalue weighted by Crippen LogP contribution is -2.41. The van der Waals surface area contributed by atoms with Gasteiger partial charge in [-0.05, 0) is 23.8 Å². The molecule has 0 atom stereocenters. The molecule has 0 aliphatic carbocycles. The summed E-state index contributed by atoms with van der Waals surface area (Å²) < 4.78 is 46.0. The summed E-state index contributed by atoms with van der Waals surface area (Å²) in [5.74, 6) is -1.66. The van der Waals surface area contributed by atoms with Crippen LogP contribution in [0.15, 0.2) is 53.4 Å². The summed E-state index contributed by atoms with van der Waals surface area (Å²) >= 11 is 0. The van der Waals surface area contributed by atoms with E-state index in [4.69, 9.17) is 4.74 Å². The summed E-state index contributed by atoms with van der Waals surface area (Å²) in [6.07, 6.45) is 0.232. The molecule has 1 fully saturated rings. The van der Waals surface area contributed by atoms with Gasteiger partial charge >= 0.3 is 0 Å². The van der Waals surface area contributed by atoms with Gasteiger partial charge in [-0.2, -0.15) is 4.31 Å². The smallest absolute Gasteiger partial charge is 0.251 e. The number of ether oxygens (including phenoxy) is 1. The van der Waals surface area contributed by atoms with E-state index in [1.165, 1.54) is 6.07 Å². The van der Waals surface area contributed by atoms with Gasteiger partial charge in [-0.3, -0.25) is 9.59 Å². The molecule has 2 amide bonds. The molecule has 31 heavy (non-hydrogen) atoms. The SMILES string of the molecule is O=C(Cc1ccccc1)NCCNC(=O)c1ccc(F)c(S(=O)(=O)N2CCOCC2)c1. The lowest BCUT2D eigenvalue weighted by Gasteiger charge is -2.26. The van der Waals surface area contributed by atoms with E-state index in [0.29, 0.717) is 0 Å². The summed E-state index contributed by atoms with van der Waals surface area (Å²) in [6, 6.07) is 12.5. The van der Waals surface area contributed by atoms with Gasteiger partial charge in [-0.1, -0.05) is 30.3 Å². The predicted octanol–water partition coefficient (Wildman–Crippen LogP) is 0.935. The highest BCUT2D eigenvalue weighted by molar-refractivity contribution is 7.89. The molecule has 2 aromatic carbocycles. The standard InChI is InChI=1S/C21H24FN3O5S/c22-18-7-6-17(15-19(18)31(28,29)25-10-12-30-13-11-25)21(27)24-9-8-23-20(26)14-16-4-2-1-3-5-16/h1-7,15H,8-14H2,(H,23,26)(H,24,27). The Labute approximate surface area is 180 Å². The lowest BCUT2D eigenvalue weighted by atomic mass is 10.1. The molecule has 1 saturated heterocycles. The molecule has 166 valence electrons. The highest BCUT2D eigenvalue weighted by Crippen LogP contribution is 2.21. The van der Waals surface area contributed by atoms with Crippen molar-refractivity contribution in [3.63, 3.8) is 0 Å². The normalized spacial score (nSPS) is 14.7. The number of hydrogen-bond acceptors (Lipinski definition) is 5. The van der Waals surface area contributed by atoms with E-state index < -0.39 is 26.6 Å². The van der Waals surface area contributed by atoms with Crippen LogP contribution in [0, 0.1) is 5.82 Å². The Balaban J connectivity index is 1.54. The van der Waals surface area contributed by atoms with Crippen molar-refractivity contribution in [2.24, 2.45) is 0 Å². The van der Waals surface area contributed by atoms with Gasteiger partial charge < -0.3 is 15.4 Å². The molecule has 10 heteroatoms. The van der Waals surface area contributed by atoms with E-state index in [1.54, 1.807) is 0 Å². The molecule has 0 unspecified atom stereocenters. The second kappa shape index (κ2) is 10.5. The zero-order valence-electron chi connectivity index (χ0n) is 16.8. The third-order valence-corrected chi connectivity index (χ3v) is 6.64. The fraction of sp³-hybridized carbons (Fsp3) is 0.333. The molecule has 2 N–H and O–H groups in total. The van der Waals surface area contributed by atoms with E-state index in [2.05, 4.69) is 10.6 Å². The Morgan fingerprint density at radius 1 is 1.00 bits per heavy atom. The molecule has 8 nitrogen and oxygen atoms in total. The summed E-state index contributed by atoms with van der Waals surface area (Å²) in [5.41, 5.74) is 0.896. The zero-order valence-corrected chi connectivity index (χ0v) is 17.7. The van der Waals surface area contributed by atoms with Gasteiger partial charge in [0, 0.05) is 31.7 Å². The van der Waals surface area contributed by atoms with Crippen LogP contribution in [-0.4, -0.2) is 63.9 Å². The first-order valence-corrected chi connectivity index (χ1v) is 11.3. The molecular weight excluding hydrogens is 425 g/mol. The molecule has 1 aliphatic heterocycles. The molecule has 0 spiro atoms. The fourth-order valence-corrected chi connectivity index (χ4v) is 4.59. The molecule has 2 aromatic rings. The fourth-order valence-electron chi connectivity index (χ4n) is 3.09. The van der Waals surface area contributed by atoms with Crippen molar-refractivity contribution in [1.82, 2.24) is 14.9 Å². The van der Waals surface area contributed by atoms with E-state index >= 15 is 0 Å². The Morgan fingerprint density at radius 2 is 1.68 bits per heavy atom. The molecule has 1 aliphatic rings. The third kappa shape index (κ3) is 6.09. The highest BCUT2D eigenvalue weighted by Gasteiger charge is 2.29. The van der Waals surface area contributed by atoms with Crippen molar-refractivity contribution < 1.29 is 27.1 Å². The number of rotatable bonds is 8. The Hall–Kier alpha value is -2.82. The van der Waals surface area contributed by atoms with Gasteiger partial charge in [0.05, 0.1) is 19.6 Å². The third-order valence-electron chi connectivity index (χ3n) is 4.72. The minimum absolute atomic E-state index is 0.0175. The van der Waals surface area contributed by atoms with Crippen molar-refractivity contribution in [2.45, 2.75) is 11.3 Å². The maximum absolute atomic E-state index is 14.2. The number of morpholine rings is 1. The summed E-state index contributed by atoms with van der Waals surface area (Å²) in [7, 11) is -4.07. The van der Waals surface area contributed by atoms with Crippen LogP contribution in [-0.2, 0) is 26.0 Å². The van der Waals surface area contributed by atoms with Crippen molar-refractivity contribution >= 4 is 21.8 Å². The molecule has 0 aromatic heterocycles. The van der Waals surface area contributed by atoms with Gasteiger partial charge in [-0.25, -0.2) is 12.8 Å². The monoisotopic (exact) mass is 449 g/mol. The van der Waals surface area contributed by atoms with Crippen LogP contribution in [0.2, 0.25) is 0 Å². The molecular formula is C21H24FN3O5S. The summed E-state index contributed by atoms with van der Waals surface area (Å²) in [4.78, 5) is 23.8. The maximum atomic E-state index is 14.2. The first-order valence-electron chi connectivity index (χ1n) is 9.84. The van der Waals surface area contributed by atoms with E-state index in [1.807, 2.05) is 30.3 Å². The molecule has 3 rings (SSSR count). The molecule has 1 heterocycles. The average Bonchev–Trinajstić information content (AvgIpc) is 2.78. The maximum Gasteiger partial charge on any atom is 0.251 e. The van der Waals surface area contributed by atoms with Crippen LogP contribution in [0.4, 0.5) is 4.39 Å². The van der Waals surface area contributed by atoms with Crippen molar-refractivity contribution in [3.05, 3.63) is 65.5 Å². The van der Waals surface area contributed by atoms with Gasteiger partial charge in [0.25, 0.3) is 5.91 Å². The quantitative estimate of drug-likeness (QED) is 0.584. The number of halogens is 1. The number of amides is 2. The first kappa shape index (κ1) is 22.9. The average molecular weight is 450 g/mol. The van der Waals surface area contributed by atoms with Crippen LogP contribution in [0.5, 0.6) is 0 Å². The minimum Gasteiger partial charge on any atom is -0.379 e. The van der Waals surface area contributed by atoms with E-state index in [-0.39, 0.29) is 57.3 Å². The van der Waals surface area contributed by atoms with Crippen molar-refractivity contribution in [3.8, 4) is 0 Å². The van der Waals surface area contributed by atoms with E-state index in [0.717, 1.165) is 22.0 Å². The first-order chi connectivity index (χ1) is 14.9. The Kier molecular flexibility index (Phi) is 7.72. The minimum atomic E-state index is -4.07.